The molecule has 0 atom stereocenters. The molecule has 0 amide bonds. The molecule has 0 aliphatic heterocycles. The molecule has 6 nitrogen and oxygen atoms in total. The third-order valence-corrected chi connectivity index (χ3v) is 7.64. The maximum Gasteiger partial charge on any atom is 0.282 e. The van der Waals surface area contributed by atoms with Crippen LogP contribution in [0.5, 0.6) is 11.5 Å². The Morgan fingerprint density at radius 1 is 0.953 bits per heavy atom. The van der Waals surface area contributed by atoms with Gasteiger partial charge in [0.05, 0.1) is 33.8 Å². The second-order valence-electron chi connectivity index (χ2n) is 10.7. The molecular formula is C35H33Cl2N3O3. The molecule has 0 aliphatic rings. The first kappa shape index (κ1) is 30.3. The maximum absolute atomic E-state index is 13.8. The summed E-state index contributed by atoms with van der Waals surface area (Å²) in [5.41, 5.74) is 5.81. The topological polar surface area (TPSA) is 65.7 Å². The van der Waals surface area contributed by atoms with Gasteiger partial charge in [0.15, 0.2) is 11.6 Å². The van der Waals surface area contributed by atoms with Crippen LogP contribution in [0.1, 0.15) is 54.5 Å². The molecule has 0 spiro atoms. The second kappa shape index (κ2) is 13.0. The van der Waals surface area contributed by atoms with Crippen LogP contribution in [-0.4, -0.2) is 22.5 Å². The van der Waals surface area contributed by atoms with Crippen molar-refractivity contribution < 1.29 is 9.47 Å². The number of benzene rings is 4. The third-order valence-electron chi connectivity index (χ3n) is 7.08. The first-order valence-electron chi connectivity index (χ1n) is 14.2. The van der Waals surface area contributed by atoms with E-state index in [1.54, 1.807) is 24.4 Å². The lowest BCUT2D eigenvalue weighted by molar-refractivity contribution is 0.306. The van der Waals surface area contributed by atoms with Crippen molar-refractivity contribution >= 4 is 40.3 Å². The number of aromatic nitrogens is 2. The van der Waals surface area contributed by atoms with Crippen molar-refractivity contribution in [1.29, 1.82) is 0 Å². The zero-order chi connectivity index (χ0) is 30.7. The van der Waals surface area contributed by atoms with E-state index in [-0.39, 0.29) is 11.5 Å². The Hall–Kier alpha value is -4.13. The van der Waals surface area contributed by atoms with E-state index in [0.29, 0.717) is 51.3 Å². The van der Waals surface area contributed by atoms with E-state index in [9.17, 15) is 4.79 Å². The fraction of sp³-hybridized carbons (Fsp3) is 0.229. The molecule has 0 fully saturated rings. The number of nitrogens with zero attached hydrogens (tertiary/aromatic N) is 3. The molecule has 0 radical (unpaired) electrons. The highest BCUT2D eigenvalue weighted by Gasteiger charge is 2.19. The van der Waals surface area contributed by atoms with Crippen molar-refractivity contribution in [3.8, 4) is 22.9 Å². The monoisotopic (exact) mass is 613 g/mol. The van der Waals surface area contributed by atoms with E-state index in [1.807, 2.05) is 75.4 Å². The van der Waals surface area contributed by atoms with Gasteiger partial charge in [-0.15, -0.1) is 0 Å². The number of para-hydroxylation sites is 1. The van der Waals surface area contributed by atoms with Gasteiger partial charge in [-0.2, -0.15) is 9.78 Å². The normalized spacial score (nSPS) is 11.5. The highest BCUT2D eigenvalue weighted by atomic mass is 35.5. The van der Waals surface area contributed by atoms with E-state index in [4.69, 9.17) is 37.7 Å². The second-order valence-corrected chi connectivity index (χ2v) is 11.5. The summed E-state index contributed by atoms with van der Waals surface area (Å²) in [6, 6.07) is 22.8. The van der Waals surface area contributed by atoms with E-state index in [1.165, 1.54) is 4.68 Å². The summed E-state index contributed by atoms with van der Waals surface area (Å²) >= 11 is 13.2. The molecule has 43 heavy (non-hydrogen) atoms. The van der Waals surface area contributed by atoms with Gasteiger partial charge < -0.3 is 9.47 Å². The first-order valence-corrected chi connectivity index (χ1v) is 14.9. The van der Waals surface area contributed by atoms with Gasteiger partial charge in [0.2, 0.25) is 0 Å². The molecule has 5 aromatic rings. The van der Waals surface area contributed by atoms with Gasteiger partial charge >= 0.3 is 0 Å². The Balaban J connectivity index is 1.57. The Kier molecular flexibility index (Phi) is 9.19. The summed E-state index contributed by atoms with van der Waals surface area (Å²) in [6.07, 6.45) is 1.55. The van der Waals surface area contributed by atoms with E-state index >= 15 is 0 Å². The number of rotatable bonds is 9. The molecule has 0 aliphatic carbocycles. The van der Waals surface area contributed by atoms with Crippen molar-refractivity contribution in [2.75, 3.05) is 6.61 Å². The summed E-state index contributed by atoms with van der Waals surface area (Å²) in [4.78, 5) is 18.7. The number of ether oxygens (including phenoxy) is 2. The van der Waals surface area contributed by atoms with Gasteiger partial charge in [-0.3, -0.25) is 4.79 Å². The Labute approximate surface area is 261 Å². The summed E-state index contributed by atoms with van der Waals surface area (Å²) in [5, 5.41) is 5.77. The van der Waals surface area contributed by atoms with E-state index < -0.39 is 0 Å². The maximum atomic E-state index is 13.8. The number of fused-ring (bicyclic) bond motifs is 1. The molecule has 220 valence electrons. The lowest BCUT2D eigenvalue weighted by Crippen LogP contribution is -2.21. The molecule has 5 rings (SSSR count). The Morgan fingerprint density at radius 2 is 1.70 bits per heavy atom. The van der Waals surface area contributed by atoms with E-state index in [2.05, 4.69) is 18.9 Å². The highest BCUT2D eigenvalue weighted by Crippen LogP contribution is 2.36. The molecular weight excluding hydrogens is 581 g/mol. The molecule has 1 aromatic heterocycles. The lowest BCUT2D eigenvalue weighted by Gasteiger charge is -2.18. The average Bonchev–Trinajstić information content (AvgIpc) is 2.96. The van der Waals surface area contributed by atoms with Crippen LogP contribution in [0.2, 0.25) is 10.0 Å². The first-order chi connectivity index (χ1) is 20.7. The van der Waals surface area contributed by atoms with Crippen molar-refractivity contribution in [2.45, 2.75) is 47.1 Å². The van der Waals surface area contributed by atoms with Crippen LogP contribution in [0.3, 0.4) is 0 Å². The molecule has 0 bridgehead atoms. The molecule has 8 heteroatoms. The minimum Gasteiger partial charge on any atom is -0.494 e. The average molecular weight is 615 g/mol. The molecule has 1 heterocycles. The number of aryl methyl sites for hydroxylation is 2. The van der Waals surface area contributed by atoms with Crippen LogP contribution < -0.4 is 15.0 Å². The predicted octanol–water partition coefficient (Wildman–Crippen LogP) is 8.97. The fourth-order valence-electron chi connectivity index (χ4n) is 4.95. The predicted molar refractivity (Wildman–Crippen MR) is 176 cm³/mol. The van der Waals surface area contributed by atoms with Gasteiger partial charge in [0.1, 0.15) is 12.4 Å². The van der Waals surface area contributed by atoms with Gasteiger partial charge in [-0.05, 0) is 85.3 Å². The number of halogens is 2. The molecule has 0 unspecified atom stereocenters. The number of hydrogen-bond acceptors (Lipinski definition) is 5. The van der Waals surface area contributed by atoms with Crippen LogP contribution >= 0.6 is 23.2 Å². The van der Waals surface area contributed by atoms with Crippen molar-refractivity contribution in [2.24, 2.45) is 5.10 Å². The molecule has 0 saturated carbocycles. The van der Waals surface area contributed by atoms with Crippen LogP contribution in [0.15, 0.2) is 82.7 Å². The smallest absolute Gasteiger partial charge is 0.282 e. The fourth-order valence-corrected chi connectivity index (χ4v) is 5.56. The van der Waals surface area contributed by atoms with Crippen LogP contribution in [0.4, 0.5) is 0 Å². The molecule has 0 N–H and O–H groups in total. The third kappa shape index (κ3) is 6.61. The van der Waals surface area contributed by atoms with Gasteiger partial charge in [-0.25, -0.2) is 4.98 Å². The summed E-state index contributed by atoms with van der Waals surface area (Å²) in [6.45, 7) is 11.1. The molecule has 4 aromatic carbocycles. The summed E-state index contributed by atoms with van der Waals surface area (Å²) in [7, 11) is 0. The van der Waals surface area contributed by atoms with Gasteiger partial charge in [-0.1, -0.05) is 79.0 Å². The zero-order valence-electron chi connectivity index (χ0n) is 24.8. The minimum atomic E-state index is -0.286. The SMILES string of the molecule is CCOc1cc(C)c(-c2nc3ccccc3c(=O)n2N=Cc2cc(Cl)c(OCc3cccc(C)c3)c(Cl)c2)cc1C(C)C. The van der Waals surface area contributed by atoms with Crippen molar-refractivity contribution in [1.82, 2.24) is 9.66 Å². The van der Waals surface area contributed by atoms with Crippen LogP contribution in [0.25, 0.3) is 22.3 Å². The van der Waals surface area contributed by atoms with Crippen molar-refractivity contribution in [3.63, 3.8) is 0 Å². The van der Waals surface area contributed by atoms with Crippen LogP contribution in [-0.2, 0) is 6.61 Å². The van der Waals surface area contributed by atoms with Crippen molar-refractivity contribution in [3.05, 3.63) is 121 Å². The largest absolute Gasteiger partial charge is 0.494 e. The van der Waals surface area contributed by atoms with Gasteiger partial charge in [0.25, 0.3) is 5.56 Å². The number of hydrogen-bond donors (Lipinski definition) is 0. The highest BCUT2D eigenvalue weighted by molar-refractivity contribution is 6.37. The van der Waals surface area contributed by atoms with Gasteiger partial charge in [0, 0.05) is 5.56 Å². The van der Waals surface area contributed by atoms with Crippen LogP contribution in [0, 0.1) is 13.8 Å². The zero-order valence-corrected chi connectivity index (χ0v) is 26.3. The minimum absolute atomic E-state index is 0.195. The summed E-state index contributed by atoms with van der Waals surface area (Å²) in [5.74, 6) is 1.84. The Morgan fingerprint density at radius 3 is 2.40 bits per heavy atom. The lowest BCUT2D eigenvalue weighted by atomic mass is 9.96. The summed E-state index contributed by atoms with van der Waals surface area (Å²) < 4.78 is 13.2. The molecule has 0 saturated heterocycles. The quantitative estimate of drug-likeness (QED) is 0.156. The standard InChI is InChI=1S/C35H33Cl2N3O3/c1-6-42-32-15-23(5)28(18-27(32)21(2)3)34-39-31-13-8-7-12-26(31)35(41)40(34)38-19-25-16-29(36)33(30(37)17-25)43-20-24-11-9-10-22(4)14-24/h7-19,21H,6,20H2,1-5H3. The van der Waals surface area contributed by atoms with E-state index in [0.717, 1.165) is 33.6 Å². The Bertz CT molecular complexity index is 1870.